The van der Waals surface area contributed by atoms with Crippen LogP contribution in [0, 0.1) is 0 Å². The highest BCUT2D eigenvalue weighted by atomic mass is 79.9. The van der Waals surface area contributed by atoms with Crippen molar-refractivity contribution in [2.75, 3.05) is 13.7 Å². The zero-order valence-corrected chi connectivity index (χ0v) is 19.2. The third-order valence-corrected chi connectivity index (χ3v) is 5.88. The maximum atomic E-state index is 12.9. The lowest BCUT2D eigenvalue weighted by atomic mass is 10.0. The summed E-state index contributed by atoms with van der Waals surface area (Å²) in [5.41, 5.74) is 2.56. The molecule has 0 radical (unpaired) electrons. The first kappa shape index (κ1) is 22.2. The minimum atomic E-state index is -0.299. The summed E-state index contributed by atoms with van der Waals surface area (Å²) in [6.07, 6.45) is 4.10. The second-order valence-corrected chi connectivity index (χ2v) is 8.44. The summed E-state index contributed by atoms with van der Waals surface area (Å²) in [6, 6.07) is 11.3. The molecule has 0 unspecified atom stereocenters. The van der Waals surface area contributed by atoms with E-state index >= 15 is 0 Å². The van der Waals surface area contributed by atoms with Crippen LogP contribution in [0.3, 0.4) is 0 Å². The van der Waals surface area contributed by atoms with E-state index in [4.69, 9.17) is 9.47 Å². The van der Waals surface area contributed by atoms with E-state index in [1.807, 2.05) is 43.3 Å². The van der Waals surface area contributed by atoms with Gasteiger partial charge in [-0.15, -0.1) is 6.58 Å². The zero-order chi connectivity index (χ0) is 21.7. The normalized spacial score (nSPS) is 15.0. The quantitative estimate of drug-likeness (QED) is 0.346. The van der Waals surface area contributed by atoms with Crippen molar-refractivity contribution < 1.29 is 19.1 Å². The van der Waals surface area contributed by atoms with Crippen LogP contribution in [0.25, 0.3) is 6.08 Å². The molecule has 0 saturated carbocycles. The Balaban J connectivity index is 1.90. The van der Waals surface area contributed by atoms with Crippen molar-refractivity contribution in [3.8, 4) is 11.5 Å². The average molecular weight is 488 g/mol. The van der Waals surface area contributed by atoms with Crippen LogP contribution in [0.5, 0.6) is 11.5 Å². The fourth-order valence-electron chi connectivity index (χ4n) is 3.13. The number of hydrogen-bond donors (Lipinski definition) is 0. The van der Waals surface area contributed by atoms with E-state index in [1.165, 1.54) is 4.90 Å². The molecule has 2 amide bonds. The Morgan fingerprint density at radius 3 is 2.57 bits per heavy atom. The SMILES string of the molecule is C=CCc1cc(/C=C2\SC(=O)N(Cc3ccc(Br)cc3)C2=O)cc(OCC)c1OC. The van der Waals surface area contributed by atoms with E-state index in [9.17, 15) is 9.59 Å². The van der Waals surface area contributed by atoms with Crippen molar-refractivity contribution in [3.05, 3.63) is 75.1 Å². The Hall–Kier alpha value is -2.51. The number of carbonyl (C=O) groups excluding carboxylic acids is 2. The lowest BCUT2D eigenvalue weighted by Gasteiger charge is -2.14. The van der Waals surface area contributed by atoms with Crippen LogP contribution in [-0.4, -0.2) is 29.8 Å². The second-order valence-electron chi connectivity index (χ2n) is 6.53. The molecule has 1 fully saturated rings. The molecule has 1 aliphatic rings. The molecular formula is C23H22BrNO4S. The number of benzene rings is 2. The van der Waals surface area contributed by atoms with Gasteiger partial charge in [0.15, 0.2) is 11.5 Å². The molecule has 156 valence electrons. The van der Waals surface area contributed by atoms with E-state index in [0.29, 0.717) is 29.4 Å². The number of halogens is 1. The molecule has 2 aromatic carbocycles. The number of thioether (sulfide) groups is 1. The number of nitrogens with zero attached hydrogens (tertiary/aromatic N) is 1. The smallest absolute Gasteiger partial charge is 0.293 e. The molecule has 0 bridgehead atoms. The van der Waals surface area contributed by atoms with Gasteiger partial charge >= 0.3 is 0 Å². The maximum absolute atomic E-state index is 12.9. The minimum Gasteiger partial charge on any atom is -0.493 e. The summed E-state index contributed by atoms with van der Waals surface area (Å²) < 4.78 is 12.2. The summed E-state index contributed by atoms with van der Waals surface area (Å²) >= 11 is 4.33. The molecule has 5 nitrogen and oxygen atoms in total. The summed E-state index contributed by atoms with van der Waals surface area (Å²) in [5, 5.41) is -0.279. The first-order valence-electron chi connectivity index (χ1n) is 9.41. The number of amides is 2. The number of methoxy groups -OCH3 is 1. The maximum Gasteiger partial charge on any atom is 0.293 e. The van der Waals surface area contributed by atoms with Gasteiger partial charge in [0, 0.05) is 10.0 Å². The van der Waals surface area contributed by atoms with Gasteiger partial charge in [0.25, 0.3) is 11.1 Å². The molecule has 1 aliphatic heterocycles. The highest BCUT2D eigenvalue weighted by Gasteiger charge is 2.35. The number of allylic oxidation sites excluding steroid dienone is 1. The highest BCUT2D eigenvalue weighted by molar-refractivity contribution is 9.10. The average Bonchev–Trinajstić information content (AvgIpc) is 2.97. The predicted octanol–water partition coefficient (Wildman–Crippen LogP) is 5.82. The Labute approximate surface area is 188 Å². The van der Waals surface area contributed by atoms with Gasteiger partial charge in [0.1, 0.15) is 0 Å². The van der Waals surface area contributed by atoms with Gasteiger partial charge in [-0.1, -0.05) is 34.1 Å². The van der Waals surface area contributed by atoms with Crippen LogP contribution in [0.4, 0.5) is 4.79 Å². The van der Waals surface area contributed by atoms with E-state index in [0.717, 1.165) is 32.9 Å². The number of hydrogen-bond acceptors (Lipinski definition) is 5. The van der Waals surface area contributed by atoms with Crippen LogP contribution in [0.15, 0.2) is 58.4 Å². The molecule has 1 heterocycles. The first-order valence-corrected chi connectivity index (χ1v) is 11.0. The van der Waals surface area contributed by atoms with Gasteiger partial charge in [-0.3, -0.25) is 14.5 Å². The summed E-state index contributed by atoms with van der Waals surface area (Å²) in [6.45, 7) is 6.41. The Bertz CT molecular complexity index is 1000. The molecule has 0 aliphatic carbocycles. The Kier molecular flexibility index (Phi) is 7.39. The fourth-order valence-corrected chi connectivity index (χ4v) is 4.23. The van der Waals surface area contributed by atoms with Crippen molar-refractivity contribution in [3.63, 3.8) is 0 Å². The number of rotatable bonds is 8. The second kappa shape index (κ2) is 10.00. The zero-order valence-electron chi connectivity index (χ0n) is 16.8. The van der Waals surface area contributed by atoms with Gasteiger partial charge in [-0.2, -0.15) is 0 Å². The largest absolute Gasteiger partial charge is 0.493 e. The Morgan fingerprint density at radius 2 is 1.93 bits per heavy atom. The summed E-state index contributed by atoms with van der Waals surface area (Å²) in [5.74, 6) is 0.948. The lowest BCUT2D eigenvalue weighted by molar-refractivity contribution is -0.123. The third-order valence-electron chi connectivity index (χ3n) is 4.45. The predicted molar refractivity (Wildman–Crippen MR) is 124 cm³/mol. The molecule has 1 saturated heterocycles. The number of carbonyl (C=O) groups is 2. The highest BCUT2D eigenvalue weighted by Crippen LogP contribution is 2.37. The molecular weight excluding hydrogens is 466 g/mol. The van der Waals surface area contributed by atoms with Crippen molar-refractivity contribution in [1.29, 1.82) is 0 Å². The first-order chi connectivity index (χ1) is 14.5. The van der Waals surface area contributed by atoms with Gasteiger partial charge < -0.3 is 9.47 Å². The summed E-state index contributed by atoms with van der Waals surface area (Å²) in [7, 11) is 1.59. The molecule has 0 N–H and O–H groups in total. The molecule has 3 rings (SSSR count). The fraction of sp³-hybridized carbons (Fsp3) is 0.217. The summed E-state index contributed by atoms with van der Waals surface area (Å²) in [4.78, 5) is 27.0. The number of imide groups is 1. The molecule has 30 heavy (non-hydrogen) atoms. The molecule has 7 heteroatoms. The van der Waals surface area contributed by atoms with Gasteiger partial charge in [-0.25, -0.2) is 0 Å². The molecule has 2 aromatic rings. The van der Waals surface area contributed by atoms with Crippen LogP contribution < -0.4 is 9.47 Å². The van der Waals surface area contributed by atoms with Crippen LogP contribution in [0.2, 0.25) is 0 Å². The number of ether oxygens (including phenoxy) is 2. The topological polar surface area (TPSA) is 55.8 Å². The van der Waals surface area contributed by atoms with Crippen molar-refractivity contribution in [2.45, 2.75) is 19.9 Å². The van der Waals surface area contributed by atoms with E-state index in [-0.39, 0.29) is 17.7 Å². The van der Waals surface area contributed by atoms with Gasteiger partial charge in [0.05, 0.1) is 25.2 Å². The molecule has 0 aromatic heterocycles. The van der Waals surface area contributed by atoms with Crippen LogP contribution in [0.1, 0.15) is 23.6 Å². The molecule has 0 spiro atoms. The monoisotopic (exact) mass is 487 g/mol. The van der Waals surface area contributed by atoms with E-state index < -0.39 is 0 Å². The van der Waals surface area contributed by atoms with Crippen molar-refractivity contribution >= 4 is 44.9 Å². The molecule has 0 atom stereocenters. The minimum absolute atomic E-state index is 0.240. The van der Waals surface area contributed by atoms with Crippen LogP contribution >= 0.6 is 27.7 Å². The Morgan fingerprint density at radius 1 is 1.20 bits per heavy atom. The third kappa shape index (κ3) is 4.96. The van der Waals surface area contributed by atoms with Gasteiger partial charge in [-0.05, 0) is 66.6 Å². The van der Waals surface area contributed by atoms with E-state index in [2.05, 4.69) is 22.5 Å². The van der Waals surface area contributed by atoms with Crippen LogP contribution in [-0.2, 0) is 17.8 Å². The van der Waals surface area contributed by atoms with Crippen molar-refractivity contribution in [2.24, 2.45) is 0 Å². The standard InChI is InChI=1S/C23H22BrNO4S/c1-4-6-17-11-16(12-19(29-5-2)21(17)28-3)13-20-22(26)25(23(27)30-20)14-15-7-9-18(24)10-8-15/h4,7-13H,1,5-6,14H2,2-3H3/b20-13-. The van der Waals surface area contributed by atoms with Gasteiger partial charge in [0.2, 0.25) is 0 Å². The van der Waals surface area contributed by atoms with Crippen molar-refractivity contribution in [1.82, 2.24) is 4.90 Å². The lowest BCUT2D eigenvalue weighted by Crippen LogP contribution is -2.27. The van der Waals surface area contributed by atoms with E-state index in [1.54, 1.807) is 19.3 Å².